The van der Waals surface area contributed by atoms with Gasteiger partial charge >= 0.3 is 12.0 Å². The highest BCUT2D eigenvalue weighted by molar-refractivity contribution is 7.12. The second-order valence-electron chi connectivity index (χ2n) is 5.19. The number of urea groups is 1. The Bertz CT molecular complexity index is 652. The number of esters is 1. The van der Waals surface area contributed by atoms with E-state index in [1.165, 1.54) is 11.3 Å². The fourth-order valence-electron chi connectivity index (χ4n) is 2.26. The molecule has 23 heavy (non-hydrogen) atoms. The van der Waals surface area contributed by atoms with Crippen LogP contribution in [-0.4, -0.2) is 48.3 Å². The zero-order valence-electron chi connectivity index (χ0n) is 13.0. The maximum atomic E-state index is 12.0. The van der Waals surface area contributed by atoms with E-state index in [2.05, 4.69) is 5.32 Å². The van der Waals surface area contributed by atoms with Crippen LogP contribution in [0.4, 0.5) is 4.79 Å². The molecule has 124 valence electrons. The smallest absolute Gasteiger partial charge is 0.324 e. The maximum Gasteiger partial charge on any atom is 0.324 e. The van der Waals surface area contributed by atoms with Gasteiger partial charge in [-0.05, 0) is 19.9 Å². The van der Waals surface area contributed by atoms with Crippen molar-refractivity contribution in [1.29, 1.82) is 0 Å². The number of ether oxygens (including phenoxy) is 1. The van der Waals surface area contributed by atoms with Gasteiger partial charge in [-0.3, -0.25) is 19.3 Å². The number of nitrogens with zero attached hydrogens (tertiary/aromatic N) is 1. The molecule has 1 N–H and O–H groups in total. The predicted octanol–water partition coefficient (Wildman–Crippen LogP) is 1.42. The molecular formula is C15H18N2O5S. The van der Waals surface area contributed by atoms with Crippen LogP contribution in [0.15, 0.2) is 6.07 Å². The molecule has 0 atom stereocenters. The average molecular weight is 338 g/mol. The van der Waals surface area contributed by atoms with Gasteiger partial charge in [0.15, 0.2) is 12.4 Å². The molecule has 0 spiro atoms. The monoisotopic (exact) mass is 338 g/mol. The summed E-state index contributed by atoms with van der Waals surface area (Å²) in [5, 5.41) is 2.49. The van der Waals surface area contributed by atoms with E-state index in [9.17, 15) is 19.2 Å². The first-order valence-corrected chi connectivity index (χ1v) is 8.04. The molecule has 0 unspecified atom stereocenters. The van der Waals surface area contributed by atoms with E-state index >= 15 is 0 Å². The second-order valence-corrected chi connectivity index (χ2v) is 6.65. The van der Waals surface area contributed by atoms with Crippen LogP contribution in [-0.2, 0) is 14.3 Å². The summed E-state index contributed by atoms with van der Waals surface area (Å²) in [7, 11) is 0. The van der Waals surface area contributed by atoms with Gasteiger partial charge in [-0.25, -0.2) is 4.79 Å². The normalized spacial score (nSPS) is 13.8. The Kier molecular flexibility index (Phi) is 5.49. The van der Waals surface area contributed by atoms with Gasteiger partial charge in [-0.1, -0.05) is 0 Å². The number of imide groups is 1. The molecule has 2 rings (SSSR count). The van der Waals surface area contributed by atoms with E-state index in [-0.39, 0.29) is 25.2 Å². The first-order chi connectivity index (χ1) is 10.9. The van der Waals surface area contributed by atoms with Crippen LogP contribution in [0.1, 0.15) is 33.0 Å². The zero-order chi connectivity index (χ0) is 17.0. The third-order valence-electron chi connectivity index (χ3n) is 3.41. The van der Waals surface area contributed by atoms with Gasteiger partial charge in [0.25, 0.3) is 5.91 Å². The highest BCUT2D eigenvalue weighted by Gasteiger charge is 2.26. The minimum Gasteiger partial charge on any atom is -0.456 e. The molecule has 1 fully saturated rings. The van der Waals surface area contributed by atoms with E-state index in [0.29, 0.717) is 12.1 Å². The second kappa shape index (κ2) is 7.36. The van der Waals surface area contributed by atoms with Crippen molar-refractivity contribution in [2.75, 3.05) is 19.7 Å². The molecule has 0 aliphatic carbocycles. The standard InChI is InChI=1S/C15H18N2O5S/c1-9-7-11(10(2)23-9)12(18)3-4-14(20)22-8-13(19)17-6-5-16-15(17)21/h7H,3-6,8H2,1-2H3,(H,16,21). The van der Waals surface area contributed by atoms with Crippen LogP contribution >= 0.6 is 11.3 Å². The summed E-state index contributed by atoms with van der Waals surface area (Å²) < 4.78 is 4.83. The van der Waals surface area contributed by atoms with Crippen molar-refractivity contribution in [3.05, 3.63) is 21.4 Å². The predicted molar refractivity (Wildman–Crippen MR) is 83.4 cm³/mol. The summed E-state index contributed by atoms with van der Waals surface area (Å²) in [6.07, 6.45) is -0.0547. The lowest BCUT2D eigenvalue weighted by Gasteiger charge is -2.11. The van der Waals surface area contributed by atoms with Crippen LogP contribution < -0.4 is 5.32 Å². The van der Waals surface area contributed by atoms with E-state index in [1.54, 1.807) is 0 Å². The van der Waals surface area contributed by atoms with Crippen LogP contribution in [0.2, 0.25) is 0 Å². The number of aryl methyl sites for hydroxylation is 2. The molecule has 1 aliphatic rings. The molecule has 0 saturated carbocycles. The maximum absolute atomic E-state index is 12.0. The number of thiophene rings is 1. The van der Waals surface area contributed by atoms with Crippen molar-refractivity contribution >= 4 is 35.0 Å². The third kappa shape index (κ3) is 4.38. The van der Waals surface area contributed by atoms with E-state index < -0.39 is 24.5 Å². The summed E-state index contributed by atoms with van der Waals surface area (Å²) in [4.78, 5) is 49.6. The van der Waals surface area contributed by atoms with Gasteiger partial charge in [-0.2, -0.15) is 0 Å². The van der Waals surface area contributed by atoms with E-state index in [0.717, 1.165) is 14.7 Å². The molecule has 1 aliphatic heterocycles. The van der Waals surface area contributed by atoms with Crippen LogP contribution in [0.5, 0.6) is 0 Å². The van der Waals surface area contributed by atoms with Crippen molar-refractivity contribution in [1.82, 2.24) is 10.2 Å². The summed E-state index contributed by atoms with van der Waals surface area (Å²) in [5.41, 5.74) is 0.630. The molecule has 7 nitrogen and oxygen atoms in total. The van der Waals surface area contributed by atoms with E-state index in [1.807, 2.05) is 19.9 Å². The summed E-state index contributed by atoms with van der Waals surface area (Å²) >= 11 is 1.54. The molecule has 0 aromatic carbocycles. The summed E-state index contributed by atoms with van der Waals surface area (Å²) in [6.45, 7) is 3.96. The molecule has 1 aromatic heterocycles. The van der Waals surface area contributed by atoms with Crippen LogP contribution in [0, 0.1) is 13.8 Å². The molecule has 2 heterocycles. The quantitative estimate of drug-likeness (QED) is 0.625. The molecule has 1 saturated heterocycles. The van der Waals surface area contributed by atoms with Gasteiger partial charge in [0.1, 0.15) is 0 Å². The van der Waals surface area contributed by atoms with Gasteiger partial charge in [0.2, 0.25) is 0 Å². The lowest BCUT2D eigenvalue weighted by atomic mass is 10.1. The topological polar surface area (TPSA) is 92.8 Å². The Morgan fingerprint density at radius 2 is 2.04 bits per heavy atom. The molecule has 8 heteroatoms. The Balaban J connectivity index is 1.75. The number of nitrogens with one attached hydrogen (secondary N) is 1. The average Bonchev–Trinajstić information content (AvgIpc) is 3.07. The SMILES string of the molecule is Cc1cc(C(=O)CCC(=O)OCC(=O)N2CCNC2=O)c(C)s1. The van der Waals surface area contributed by atoms with Crippen LogP contribution in [0.3, 0.4) is 0 Å². The molecule has 0 radical (unpaired) electrons. The van der Waals surface area contributed by atoms with Gasteiger partial charge < -0.3 is 10.1 Å². The first kappa shape index (κ1) is 17.1. The third-order valence-corrected chi connectivity index (χ3v) is 4.38. The number of hydrogen-bond donors (Lipinski definition) is 1. The minimum absolute atomic E-state index is 0.0359. The first-order valence-electron chi connectivity index (χ1n) is 7.22. The number of amides is 3. The lowest BCUT2D eigenvalue weighted by molar-refractivity contribution is -0.150. The van der Waals surface area contributed by atoms with Crippen LogP contribution in [0.25, 0.3) is 0 Å². The van der Waals surface area contributed by atoms with E-state index in [4.69, 9.17) is 4.74 Å². The highest BCUT2D eigenvalue weighted by atomic mass is 32.1. The Hall–Kier alpha value is -2.22. The summed E-state index contributed by atoms with van der Waals surface area (Å²) in [5.74, 6) is -1.31. The van der Waals surface area contributed by atoms with Crippen molar-refractivity contribution in [3.63, 3.8) is 0 Å². The Labute approximate surface area is 137 Å². The van der Waals surface area contributed by atoms with Crippen molar-refractivity contribution < 1.29 is 23.9 Å². The molecule has 1 aromatic rings. The number of ketones is 1. The number of hydrogen-bond acceptors (Lipinski definition) is 6. The van der Waals surface area contributed by atoms with Gasteiger partial charge in [0.05, 0.1) is 6.42 Å². The Morgan fingerprint density at radius 3 is 2.61 bits per heavy atom. The van der Waals surface area contributed by atoms with Gasteiger partial charge in [0, 0.05) is 34.8 Å². The van der Waals surface area contributed by atoms with Gasteiger partial charge in [-0.15, -0.1) is 11.3 Å². The molecule has 3 amide bonds. The number of Topliss-reactive ketones (excluding diaryl/α,β-unsaturated/α-hetero) is 1. The van der Waals surface area contributed by atoms with Crippen molar-refractivity contribution in [3.8, 4) is 0 Å². The fourth-order valence-corrected chi connectivity index (χ4v) is 3.20. The highest BCUT2D eigenvalue weighted by Crippen LogP contribution is 2.22. The van der Waals surface area contributed by atoms with Crippen molar-refractivity contribution in [2.24, 2.45) is 0 Å². The number of carbonyl (C=O) groups is 4. The zero-order valence-corrected chi connectivity index (χ0v) is 13.8. The lowest BCUT2D eigenvalue weighted by Crippen LogP contribution is -2.37. The summed E-state index contributed by atoms with van der Waals surface area (Å²) in [6, 6.07) is 1.33. The molecular weight excluding hydrogens is 320 g/mol. The number of carbonyl (C=O) groups excluding carboxylic acids is 4. The number of rotatable bonds is 6. The molecule has 0 bridgehead atoms. The largest absolute Gasteiger partial charge is 0.456 e. The Morgan fingerprint density at radius 1 is 1.30 bits per heavy atom. The fraction of sp³-hybridized carbons (Fsp3) is 0.467. The van der Waals surface area contributed by atoms with Crippen molar-refractivity contribution in [2.45, 2.75) is 26.7 Å². The minimum atomic E-state index is -0.629.